The summed E-state index contributed by atoms with van der Waals surface area (Å²) in [6.07, 6.45) is 0. The van der Waals surface area contributed by atoms with Gasteiger partial charge in [-0.05, 0) is 37.3 Å². The van der Waals surface area contributed by atoms with Gasteiger partial charge in [0.1, 0.15) is 10.7 Å². The van der Waals surface area contributed by atoms with Gasteiger partial charge in [-0.1, -0.05) is 0 Å². The summed E-state index contributed by atoms with van der Waals surface area (Å²) in [5.41, 5.74) is 0.353. The van der Waals surface area contributed by atoms with E-state index in [1.165, 1.54) is 0 Å². The molecule has 0 unspecified atom stereocenters. The molecule has 120 valence electrons. The molecule has 0 spiro atoms. The topological polar surface area (TPSA) is 109 Å². The number of benzene rings is 1. The highest BCUT2D eigenvalue weighted by atomic mass is 16.7. The number of ether oxygens (including phenoxy) is 2. The summed E-state index contributed by atoms with van der Waals surface area (Å²) >= 11 is 0. The Morgan fingerprint density at radius 2 is 1.87 bits per heavy atom. The first-order valence-corrected chi connectivity index (χ1v) is 6.68. The summed E-state index contributed by atoms with van der Waals surface area (Å²) in [4.78, 5) is 33.2. The monoisotopic (exact) mass is 319 g/mol. The zero-order chi connectivity index (χ0) is 16.8. The lowest BCUT2D eigenvalue weighted by Gasteiger charge is -2.05. The van der Waals surface area contributed by atoms with Crippen molar-refractivity contribution in [3.63, 3.8) is 0 Å². The lowest BCUT2D eigenvalue weighted by atomic mass is 10.1. The first kappa shape index (κ1) is 16.2. The molecule has 23 heavy (non-hydrogen) atoms. The van der Waals surface area contributed by atoms with Crippen LogP contribution >= 0.6 is 0 Å². The van der Waals surface area contributed by atoms with E-state index in [0.29, 0.717) is 17.9 Å². The highest BCUT2D eigenvalue weighted by molar-refractivity contribution is 5.99. The van der Waals surface area contributed by atoms with Crippen molar-refractivity contribution in [2.24, 2.45) is 0 Å². The minimum Gasteiger partial charge on any atom is -0.494 e. The molecule has 0 aliphatic heterocycles. The van der Waals surface area contributed by atoms with Gasteiger partial charge in [0.05, 0.1) is 12.7 Å². The SMILES string of the molecule is CCOc1ccc(C(=O)COC(=O)c2ccc([N+](=O)[O-])o2)cc1. The Kier molecular flexibility index (Phi) is 5.08. The Balaban J connectivity index is 1.92. The van der Waals surface area contributed by atoms with Crippen molar-refractivity contribution in [1.29, 1.82) is 0 Å². The van der Waals surface area contributed by atoms with E-state index in [1.54, 1.807) is 24.3 Å². The molecule has 0 aliphatic rings. The van der Waals surface area contributed by atoms with Crippen LogP contribution in [-0.4, -0.2) is 29.9 Å². The lowest BCUT2D eigenvalue weighted by molar-refractivity contribution is -0.402. The zero-order valence-electron chi connectivity index (χ0n) is 12.2. The molecule has 0 saturated carbocycles. The van der Waals surface area contributed by atoms with Crippen molar-refractivity contribution >= 4 is 17.6 Å². The number of esters is 1. The van der Waals surface area contributed by atoms with E-state index in [-0.39, 0.29) is 5.76 Å². The first-order chi connectivity index (χ1) is 11.0. The minimum absolute atomic E-state index is 0.337. The number of nitro groups is 1. The van der Waals surface area contributed by atoms with Crippen molar-refractivity contribution in [1.82, 2.24) is 0 Å². The van der Waals surface area contributed by atoms with Crippen LogP contribution in [0.15, 0.2) is 40.8 Å². The van der Waals surface area contributed by atoms with Crippen LogP contribution in [-0.2, 0) is 4.74 Å². The normalized spacial score (nSPS) is 10.1. The Morgan fingerprint density at radius 3 is 2.43 bits per heavy atom. The van der Waals surface area contributed by atoms with E-state index >= 15 is 0 Å². The highest BCUT2D eigenvalue weighted by Gasteiger charge is 2.19. The van der Waals surface area contributed by atoms with Gasteiger partial charge in [-0.2, -0.15) is 0 Å². The molecular weight excluding hydrogens is 306 g/mol. The maximum atomic E-state index is 11.9. The number of carbonyl (C=O) groups excluding carboxylic acids is 2. The van der Waals surface area contributed by atoms with E-state index in [4.69, 9.17) is 9.47 Å². The van der Waals surface area contributed by atoms with Gasteiger partial charge in [0, 0.05) is 5.56 Å². The van der Waals surface area contributed by atoms with E-state index in [1.807, 2.05) is 6.92 Å². The summed E-state index contributed by atoms with van der Waals surface area (Å²) in [7, 11) is 0. The lowest BCUT2D eigenvalue weighted by Crippen LogP contribution is -2.13. The molecule has 0 fully saturated rings. The second kappa shape index (κ2) is 7.21. The minimum atomic E-state index is -0.947. The molecule has 0 bridgehead atoms. The van der Waals surface area contributed by atoms with Crippen LogP contribution in [0.1, 0.15) is 27.8 Å². The number of ketones is 1. The van der Waals surface area contributed by atoms with E-state index in [2.05, 4.69) is 4.42 Å². The van der Waals surface area contributed by atoms with Crippen molar-refractivity contribution in [3.8, 4) is 5.75 Å². The van der Waals surface area contributed by atoms with Crippen LogP contribution < -0.4 is 4.74 Å². The maximum Gasteiger partial charge on any atom is 0.433 e. The summed E-state index contributed by atoms with van der Waals surface area (Å²) in [5.74, 6) is -1.64. The van der Waals surface area contributed by atoms with Gasteiger partial charge in [0.15, 0.2) is 12.4 Å². The molecule has 0 atom stereocenters. The quantitative estimate of drug-likeness (QED) is 0.334. The molecule has 8 nitrogen and oxygen atoms in total. The number of furan rings is 1. The number of hydrogen-bond acceptors (Lipinski definition) is 7. The summed E-state index contributed by atoms with van der Waals surface area (Å²) in [6, 6.07) is 8.52. The van der Waals surface area contributed by atoms with E-state index in [0.717, 1.165) is 12.1 Å². The van der Waals surface area contributed by atoms with Crippen LogP contribution in [0.25, 0.3) is 0 Å². The highest BCUT2D eigenvalue weighted by Crippen LogP contribution is 2.17. The number of hydrogen-bond donors (Lipinski definition) is 0. The first-order valence-electron chi connectivity index (χ1n) is 6.68. The summed E-state index contributed by atoms with van der Waals surface area (Å²) in [5, 5.41) is 10.5. The van der Waals surface area contributed by atoms with Crippen LogP contribution in [0.4, 0.5) is 5.88 Å². The zero-order valence-corrected chi connectivity index (χ0v) is 12.2. The average molecular weight is 319 g/mol. The van der Waals surface area contributed by atoms with Crippen LogP contribution in [0.5, 0.6) is 5.75 Å². The molecule has 0 radical (unpaired) electrons. The fourth-order valence-electron chi connectivity index (χ4n) is 1.72. The molecule has 0 saturated heterocycles. The summed E-state index contributed by atoms with van der Waals surface area (Å²) in [6.45, 7) is 1.86. The fourth-order valence-corrected chi connectivity index (χ4v) is 1.72. The second-order valence-electron chi connectivity index (χ2n) is 4.35. The number of nitrogens with zero attached hydrogens (tertiary/aromatic N) is 1. The Hall–Kier alpha value is -3.16. The Bertz CT molecular complexity index is 718. The van der Waals surface area contributed by atoms with Gasteiger partial charge in [0.25, 0.3) is 0 Å². The number of rotatable bonds is 7. The maximum absolute atomic E-state index is 11.9. The van der Waals surface area contributed by atoms with Crippen LogP contribution in [0.3, 0.4) is 0 Å². The molecule has 0 aliphatic carbocycles. The van der Waals surface area contributed by atoms with Crippen molar-refractivity contribution in [2.45, 2.75) is 6.92 Å². The third-order valence-electron chi connectivity index (χ3n) is 2.79. The number of carbonyl (C=O) groups is 2. The third kappa shape index (κ3) is 4.16. The Morgan fingerprint density at radius 1 is 1.17 bits per heavy atom. The molecule has 8 heteroatoms. The Labute approximate surface area is 130 Å². The van der Waals surface area contributed by atoms with Gasteiger partial charge >= 0.3 is 11.9 Å². The molecule has 2 rings (SSSR count). The predicted molar refractivity (Wildman–Crippen MR) is 77.6 cm³/mol. The average Bonchev–Trinajstić information content (AvgIpc) is 3.03. The van der Waals surface area contributed by atoms with Gasteiger partial charge < -0.3 is 13.9 Å². The van der Waals surface area contributed by atoms with Gasteiger partial charge in [-0.3, -0.25) is 14.9 Å². The van der Waals surface area contributed by atoms with E-state index < -0.39 is 29.2 Å². The van der Waals surface area contributed by atoms with Crippen molar-refractivity contribution in [3.05, 3.63) is 57.8 Å². The van der Waals surface area contributed by atoms with Gasteiger partial charge in [0.2, 0.25) is 5.76 Å². The predicted octanol–water partition coefficient (Wildman–Crippen LogP) is 2.63. The molecule has 1 aromatic heterocycles. The van der Waals surface area contributed by atoms with Gasteiger partial charge in [-0.25, -0.2) is 4.79 Å². The molecule has 2 aromatic rings. The summed E-state index contributed by atoms with van der Waals surface area (Å²) < 4.78 is 14.7. The van der Waals surface area contributed by atoms with Crippen LogP contribution in [0, 0.1) is 10.1 Å². The van der Waals surface area contributed by atoms with Gasteiger partial charge in [-0.15, -0.1) is 0 Å². The molecule has 0 N–H and O–H groups in total. The third-order valence-corrected chi connectivity index (χ3v) is 2.79. The second-order valence-corrected chi connectivity index (χ2v) is 4.35. The number of Topliss-reactive ketones (excluding diaryl/α,β-unsaturated/α-hetero) is 1. The molecule has 0 amide bonds. The molecular formula is C15H13NO7. The van der Waals surface area contributed by atoms with Crippen LogP contribution in [0.2, 0.25) is 0 Å². The van der Waals surface area contributed by atoms with Crippen molar-refractivity contribution in [2.75, 3.05) is 13.2 Å². The van der Waals surface area contributed by atoms with E-state index in [9.17, 15) is 19.7 Å². The molecule has 1 heterocycles. The van der Waals surface area contributed by atoms with Crippen molar-refractivity contribution < 1.29 is 28.4 Å². The largest absolute Gasteiger partial charge is 0.494 e. The molecule has 1 aromatic carbocycles. The smallest absolute Gasteiger partial charge is 0.433 e. The fraction of sp³-hybridized carbons (Fsp3) is 0.200. The standard InChI is InChI=1S/C15H13NO7/c1-2-21-11-5-3-10(4-6-11)12(17)9-22-15(18)13-7-8-14(23-13)16(19)20/h3-8H,2,9H2,1H3.